The fourth-order valence-corrected chi connectivity index (χ4v) is 6.38. The molecule has 1 aromatic heterocycles. The highest BCUT2D eigenvalue weighted by atomic mass is 35.5. The predicted molar refractivity (Wildman–Crippen MR) is 160 cm³/mol. The minimum atomic E-state index is -0.140. The van der Waals surface area contributed by atoms with Gasteiger partial charge in [-0.2, -0.15) is 0 Å². The number of nitrogens with zero attached hydrogens (tertiary/aromatic N) is 6. The summed E-state index contributed by atoms with van der Waals surface area (Å²) in [6.45, 7) is 13.5. The van der Waals surface area contributed by atoms with Crippen LogP contribution in [0.1, 0.15) is 52.0 Å². The summed E-state index contributed by atoms with van der Waals surface area (Å²) in [6, 6.07) is 1.79. The summed E-state index contributed by atoms with van der Waals surface area (Å²) in [4.78, 5) is 43.1. The lowest BCUT2D eigenvalue weighted by Crippen LogP contribution is -2.55. The van der Waals surface area contributed by atoms with E-state index in [0.29, 0.717) is 36.3 Å². The van der Waals surface area contributed by atoms with E-state index in [1.165, 1.54) is 11.6 Å². The number of anilines is 2. The van der Waals surface area contributed by atoms with Crippen molar-refractivity contribution in [3.05, 3.63) is 53.1 Å². The molecule has 4 rings (SSSR count). The van der Waals surface area contributed by atoms with E-state index in [4.69, 9.17) is 21.6 Å². The smallest absolute Gasteiger partial charge is 0.246 e. The second-order valence-corrected chi connectivity index (χ2v) is 10.9. The number of hydrogen-bond donors (Lipinski definition) is 0. The maximum atomic E-state index is 13.0. The molecule has 0 aromatic carbocycles. The minimum Gasteiger partial charge on any atom is -0.355 e. The monoisotopic (exact) mass is 552 g/mol. The normalized spacial score (nSPS) is 23.6. The summed E-state index contributed by atoms with van der Waals surface area (Å²) >= 11 is 6.92. The fourth-order valence-electron chi connectivity index (χ4n) is 6.11. The highest BCUT2D eigenvalue weighted by molar-refractivity contribution is 6.33. The van der Waals surface area contributed by atoms with Crippen LogP contribution in [-0.4, -0.2) is 84.8 Å². The zero-order valence-corrected chi connectivity index (χ0v) is 24.4. The van der Waals surface area contributed by atoms with E-state index in [-0.39, 0.29) is 23.9 Å². The molecule has 0 spiro atoms. The molecule has 2 aliphatic heterocycles. The molecule has 9 heteroatoms. The summed E-state index contributed by atoms with van der Waals surface area (Å²) in [5.41, 5.74) is 1.93. The van der Waals surface area contributed by atoms with Gasteiger partial charge in [-0.15, -0.1) is 0 Å². The maximum Gasteiger partial charge on any atom is 0.246 e. The zero-order chi connectivity index (χ0) is 28.1. The molecule has 2 amide bonds. The van der Waals surface area contributed by atoms with Gasteiger partial charge >= 0.3 is 0 Å². The van der Waals surface area contributed by atoms with Crippen LogP contribution in [-0.2, 0) is 9.59 Å². The van der Waals surface area contributed by atoms with E-state index in [2.05, 4.69) is 55.4 Å². The summed E-state index contributed by atoms with van der Waals surface area (Å²) in [7, 11) is 1.76. The van der Waals surface area contributed by atoms with Gasteiger partial charge < -0.3 is 14.7 Å². The summed E-state index contributed by atoms with van der Waals surface area (Å²) in [6.07, 6.45) is 12.6. The lowest BCUT2D eigenvalue weighted by molar-refractivity contribution is -0.128. The second-order valence-electron chi connectivity index (χ2n) is 10.4. The maximum absolute atomic E-state index is 13.0. The number of pyridine rings is 1. The standard InChI is InChI=1S/C30H41ClN6O2/c1-6-22-12-11-13-23(7-2)27(22)37(20-38)29-24(18-25(31)30(33-29)34-14-9-10-15-34)28(32-5)36-17-16-35(19-21(36)4)26(39)8-3/h8,11-13,18,20-22,27H,3,6-7,9-10,14-17,19H2,1-2,4-5H3. The lowest BCUT2D eigenvalue weighted by Gasteiger charge is -2.42. The van der Waals surface area contributed by atoms with Crippen LogP contribution in [0.25, 0.3) is 0 Å². The quantitative estimate of drug-likeness (QED) is 0.202. The molecule has 3 atom stereocenters. The number of aliphatic imine (C=N–C) groups is 1. The van der Waals surface area contributed by atoms with E-state index in [0.717, 1.165) is 56.6 Å². The molecule has 3 heterocycles. The van der Waals surface area contributed by atoms with Gasteiger partial charge in [-0.25, -0.2) is 4.98 Å². The molecular formula is C30H41ClN6O2. The Balaban J connectivity index is 1.83. The third kappa shape index (κ3) is 5.76. The van der Waals surface area contributed by atoms with Crippen LogP contribution >= 0.6 is 11.6 Å². The molecule has 0 bridgehead atoms. The van der Waals surface area contributed by atoms with E-state index in [1.54, 1.807) is 16.8 Å². The Labute approximate surface area is 237 Å². The average molecular weight is 553 g/mol. The van der Waals surface area contributed by atoms with Gasteiger partial charge in [0.15, 0.2) is 0 Å². The van der Waals surface area contributed by atoms with Crippen molar-refractivity contribution in [1.82, 2.24) is 14.8 Å². The Morgan fingerprint density at radius 1 is 1.26 bits per heavy atom. The number of amides is 2. The van der Waals surface area contributed by atoms with Crippen LogP contribution in [0.2, 0.25) is 5.02 Å². The first-order chi connectivity index (χ1) is 18.9. The number of piperazine rings is 1. The Kier molecular flexibility index (Phi) is 9.49. The van der Waals surface area contributed by atoms with Crippen LogP contribution in [0, 0.1) is 5.92 Å². The van der Waals surface area contributed by atoms with Crippen LogP contribution in [0.3, 0.4) is 0 Å². The molecule has 1 aromatic rings. The van der Waals surface area contributed by atoms with Crippen LogP contribution in [0.15, 0.2) is 47.5 Å². The van der Waals surface area contributed by atoms with Gasteiger partial charge in [-0.1, -0.05) is 50.3 Å². The third-order valence-electron chi connectivity index (χ3n) is 8.17. The van der Waals surface area contributed by atoms with Crippen molar-refractivity contribution in [3.63, 3.8) is 0 Å². The Hall–Kier alpha value is -3.13. The number of allylic oxidation sites excluding steroid dienone is 2. The fraction of sp³-hybridized carbons (Fsp3) is 0.533. The SMILES string of the molecule is C=CC(=O)N1CCN(C(=NC)c2cc(Cl)c(N3CCCC3)nc2N(C=O)C2C(CC)=CC=CC2CC)C(C)C1. The average Bonchev–Trinajstić information content (AvgIpc) is 3.49. The number of amidine groups is 1. The second kappa shape index (κ2) is 12.8. The first-order valence-electron chi connectivity index (χ1n) is 14.1. The summed E-state index contributed by atoms with van der Waals surface area (Å²) < 4.78 is 0. The first-order valence-corrected chi connectivity index (χ1v) is 14.5. The van der Waals surface area contributed by atoms with E-state index in [1.807, 2.05) is 6.07 Å². The highest BCUT2D eigenvalue weighted by Gasteiger charge is 2.36. The number of carbonyl (C=O) groups is 2. The van der Waals surface area contributed by atoms with Gasteiger partial charge in [0.2, 0.25) is 12.3 Å². The topological polar surface area (TPSA) is 72.4 Å². The summed E-state index contributed by atoms with van der Waals surface area (Å²) in [5, 5.41) is 0.553. The molecule has 3 aliphatic rings. The Morgan fingerprint density at radius 2 is 2.00 bits per heavy atom. The van der Waals surface area contributed by atoms with Gasteiger partial charge in [-0.3, -0.25) is 19.5 Å². The number of rotatable bonds is 8. The molecule has 2 fully saturated rings. The Bertz CT molecular complexity index is 1170. The summed E-state index contributed by atoms with van der Waals surface area (Å²) in [5.74, 6) is 2.11. The number of halogens is 1. The van der Waals surface area contributed by atoms with Crippen molar-refractivity contribution >= 4 is 41.4 Å². The van der Waals surface area contributed by atoms with E-state index < -0.39 is 0 Å². The van der Waals surface area contributed by atoms with Crippen molar-refractivity contribution < 1.29 is 9.59 Å². The van der Waals surface area contributed by atoms with Crippen LogP contribution in [0.5, 0.6) is 0 Å². The van der Waals surface area contributed by atoms with Gasteiger partial charge in [0, 0.05) is 51.7 Å². The first kappa shape index (κ1) is 28.9. The molecule has 210 valence electrons. The van der Waals surface area contributed by atoms with Crippen LogP contribution < -0.4 is 9.80 Å². The van der Waals surface area contributed by atoms with Crippen molar-refractivity contribution in [2.24, 2.45) is 10.9 Å². The molecule has 0 N–H and O–H groups in total. The minimum absolute atomic E-state index is 0.00279. The zero-order valence-electron chi connectivity index (χ0n) is 23.6. The predicted octanol–water partition coefficient (Wildman–Crippen LogP) is 4.69. The van der Waals surface area contributed by atoms with Gasteiger partial charge in [-0.05, 0) is 50.3 Å². The molecular weight excluding hydrogens is 512 g/mol. The van der Waals surface area contributed by atoms with E-state index in [9.17, 15) is 9.59 Å². The molecule has 8 nitrogen and oxygen atoms in total. The van der Waals surface area contributed by atoms with Crippen molar-refractivity contribution in [2.75, 3.05) is 49.6 Å². The number of aromatic nitrogens is 1. The Morgan fingerprint density at radius 3 is 2.59 bits per heavy atom. The van der Waals surface area contributed by atoms with Gasteiger partial charge in [0.05, 0.1) is 16.6 Å². The van der Waals surface area contributed by atoms with E-state index >= 15 is 0 Å². The largest absolute Gasteiger partial charge is 0.355 e. The third-order valence-corrected chi connectivity index (χ3v) is 8.45. The molecule has 2 saturated heterocycles. The van der Waals surface area contributed by atoms with Crippen molar-refractivity contribution in [1.29, 1.82) is 0 Å². The lowest BCUT2D eigenvalue weighted by atomic mass is 9.84. The highest BCUT2D eigenvalue weighted by Crippen LogP contribution is 2.37. The molecule has 3 unspecified atom stereocenters. The van der Waals surface area contributed by atoms with Gasteiger partial charge in [0.25, 0.3) is 0 Å². The molecule has 0 saturated carbocycles. The van der Waals surface area contributed by atoms with Gasteiger partial charge in [0.1, 0.15) is 17.5 Å². The van der Waals surface area contributed by atoms with Crippen molar-refractivity contribution in [2.45, 2.75) is 58.5 Å². The van der Waals surface area contributed by atoms with Crippen molar-refractivity contribution in [3.8, 4) is 0 Å². The van der Waals surface area contributed by atoms with Crippen LogP contribution in [0.4, 0.5) is 11.6 Å². The molecule has 0 radical (unpaired) electrons. The molecule has 1 aliphatic carbocycles. The number of hydrogen-bond acceptors (Lipinski definition) is 5. The number of carbonyl (C=O) groups excluding carboxylic acids is 2. The molecule has 39 heavy (non-hydrogen) atoms.